The third-order valence-corrected chi connectivity index (χ3v) is 2.50. The molecule has 0 heterocycles. The lowest BCUT2D eigenvalue weighted by Crippen LogP contribution is -2.08. The Morgan fingerprint density at radius 2 is 2.08 bits per heavy atom. The maximum atomic E-state index is 5.69. The summed E-state index contributed by atoms with van der Waals surface area (Å²) in [6.45, 7) is 4.03. The monoisotopic (exact) mass is 288 g/mol. The molecule has 0 radical (unpaired) electrons. The first-order chi connectivity index (χ1) is 6.24. The van der Waals surface area contributed by atoms with Crippen LogP contribution in [0.4, 0.5) is 0 Å². The first-order valence-corrected chi connectivity index (χ1v) is 5.36. The van der Waals surface area contributed by atoms with Gasteiger partial charge in [0.25, 0.3) is 0 Å². The van der Waals surface area contributed by atoms with Crippen LogP contribution < -0.4 is 4.74 Å². The van der Waals surface area contributed by atoms with Crippen LogP contribution in [0.15, 0.2) is 36.4 Å². The lowest BCUT2D eigenvalue weighted by Gasteiger charge is -2.11. The summed E-state index contributed by atoms with van der Waals surface area (Å²) in [7, 11) is 0. The van der Waals surface area contributed by atoms with Crippen LogP contribution in [0.25, 0.3) is 0 Å². The van der Waals surface area contributed by atoms with Gasteiger partial charge < -0.3 is 4.74 Å². The molecule has 0 N–H and O–H groups in total. The van der Waals surface area contributed by atoms with Gasteiger partial charge >= 0.3 is 0 Å². The van der Waals surface area contributed by atoms with Crippen LogP contribution in [0.1, 0.15) is 13.8 Å². The van der Waals surface area contributed by atoms with E-state index in [2.05, 4.69) is 22.6 Å². The molecule has 0 amide bonds. The summed E-state index contributed by atoms with van der Waals surface area (Å²) in [5.74, 6) is 0.953. The predicted octanol–water partition coefficient (Wildman–Crippen LogP) is 3.63. The van der Waals surface area contributed by atoms with Crippen molar-refractivity contribution in [3.05, 3.63) is 40.0 Å². The molecule has 0 saturated heterocycles. The smallest absolute Gasteiger partial charge is 0.133 e. The second-order valence-corrected chi connectivity index (χ2v) is 3.94. The van der Waals surface area contributed by atoms with Gasteiger partial charge in [0.1, 0.15) is 11.9 Å². The molecule has 0 fully saturated rings. The molecule has 1 nitrogen and oxygen atoms in total. The molecule has 0 aliphatic rings. The van der Waals surface area contributed by atoms with Gasteiger partial charge in [0, 0.05) is 0 Å². The van der Waals surface area contributed by atoms with Crippen LogP contribution in [0.3, 0.4) is 0 Å². The van der Waals surface area contributed by atoms with E-state index in [0.717, 1.165) is 9.32 Å². The lowest BCUT2D eigenvalue weighted by atomic mass is 10.3. The summed E-state index contributed by atoms with van der Waals surface area (Å²) >= 11 is 2.27. The lowest BCUT2D eigenvalue weighted by molar-refractivity contribution is 0.268. The molecule has 0 aliphatic carbocycles. The Labute approximate surface area is 92.9 Å². The number of para-hydroxylation sites is 1. The Kier molecular flexibility index (Phi) is 4.28. The normalized spacial score (nSPS) is 13.2. The highest BCUT2D eigenvalue weighted by molar-refractivity contribution is 14.1. The van der Waals surface area contributed by atoms with Crippen molar-refractivity contribution in [3.63, 3.8) is 0 Å². The second-order valence-electron chi connectivity index (χ2n) is 2.78. The largest absolute Gasteiger partial charge is 0.486 e. The maximum Gasteiger partial charge on any atom is 0.133 e. The molecule has 0 spiro atoms. The number of hydrogen-bond acceptors (Lipinski definition) is 1. The fraction of sp³-hybridized carbons (Fsp3) is 0.273. The molecule has 1 unspecified atom stereocenters. The summed E-state index contributed by atoms with van der Waals surface area (Å²) in [6.07, 6.45) is 4.17. The summed E-state index contributed by atoms with van der Waals surface area (Å²) in [5.41, 5.74) is 0. The Balaban J connectivity index is 2.68. The minimum atomic E-state index is 0.140. The van der Waals surface area contributed by atoms with Crippen LogP contribution in [0, 0.1) is 3.57 Å². The van der Waals surface area contributed by atoms with Crippen LogP contribution in [-0.4, -0.2) is 6.10 Å². The average molecular weight is 288 g/mol. The standard InChI is InChI=1S/C11H13IO/c1-3-6-9(2)13-11-8-5-4-7-10(11)12/h3-9H,1-2H3/b6-3+. The third kappa shape index (κ3) is 3.38. The molecule has 1 atom stereocenters. The summed E-state index contributed by atoms with van der Waals surface area (Å²) in [6, 6.07) is 8.02. The third-order valence-electron chi connectivity index (χ3n) is 1.61. The van der Waals surface area contributed by atoms with E-state index >= 15 is 0 Å². The molecule has 0 aromatic heterocycles. The number of allylic oxidation sites excluding steroid dienone is 1. The van der Waals surface area contributed by atoms with Gasteiger partial charge in [-0.3, -0.25) is 0 Å². The van der Waals surface area contributed by atoms with E-state index in [1.807, 2.05) is 50.3 Å². The fourth-order valence-electron chi connectivity index (χ4n) is 1.05. The van der Waals surface area contributed by atoms with Gasteiger partial charge in [0.15, 0.2) is 0 Å². The topological polar surface area (TPSA) is 9.23 Å². The number of rotatable bonds is 3. The van der Waals surface area contributed by atoms with E-state index in [9.17, 15) is 0 Å². The van der Waals surface area contributed by atoms with Crippen LogP contribution >= 0.6 is 22.6 Å². The van der Waals surface area contributed by atoms with Crippen molar-refractivity contribution in [2.45, 2.75) is 20.0 Å². The highest BCUT2D eigenvalue weighted by Gasteiger charge is 2.01. The molecule has 13 heavy (non-hydrogen) atoms. The summed E-state index contributed by atoms with van der Waals surface area (Å²) in [5, 5.41) is 0. The zero-order chi connectivity index (χ0) is 9.68. The first kappa shape index (κ1) is 10.6. The number of benzene rings is 1. The Morgan fingerprint density at radius 3 is 2.69 bits per heavy atom. The summed E-state index contributed by atoms with van der Waals surface area (Å²) in [4.78, 5) is 0. The molecule has 0 saturated carbocycles. The highest BCUT2D eigenvalue weighted by Crippen LogP contribution is 2.20. The number of hydrogen-bond donors (Lipinski definition) is 0. The van der Waals surface area contributed by atoms with Crippen LogP contribution in [-0.2, 0) is 0 Å². The van der Waals surface area contributed by atoms with Gasteiger partial charge in [-0.1, -0.05) is 18.2 Å². The SMILES string of the molecule is C/C=C/C(C)Oc1ccccc1I. The Hall–Kier alpha value is -0.510. The molecule has 1 aromatic carbocycles. The van der Waals surface area contributed by atoms with E-state index in [0.29, 0.717) is 0 Å². The number of ether oxygens (including phenoxy) is 1. The average Bonchev–Trinajstić information content (AvgIpc) is 2.09. The quantitative estimate of drug-likeness (QED) is 0.609. The van der Waals surface area contributed by atoms with E-state index in [1.165, 1.54) is 0 Å². The molecular formula is C11H13IO. The molecule has 70 valence electrons. The Morgan fingerprint density at radius 1 is 1.38 bits per heavy atom. The molecular weight excluding hydrogens is 275 g/mol. The van der Waals surface area contributed by atoms with Crippen molar-refractivity contribution >= 4 is 22.6 Å². The Bertz CT molecular complexity index is 294. The molecule has 1 rings (SSSR count). The van der Waals surface area contributed by atoms with Gasteiger partial charge in [-0.15, -0.1) is 0 Å². The molecule has 1 aromatic rings. The van der Waals surface area contributed by atoms with E-state index < -0.39 is 0 Å². The van der Waals surface area contributed by atoms with Crippen molar-refractivity contribution in [1.82, 2.24) is 0 Å². The zero-order valence-electron chi connectivity index (χ0n) is 7.83. The first-order valence-electron chi connectivity index (χ1n) is 4.28. The van der Waals surface area contributed by atoms with Crippen LogP contribution in [0.5, 0.6) is 5.75 Å². The van der Waals surface area contributed by atoms with Gasteiger partial charge in [0.2, 0.25) is 0 Å². The van der Waals surface area contributed by atoms with Gasteiger partial charge in [-0.05, 0) is 54.6 Å². The van der Waals surface area contributed by atoms with E-state index in [-0.39, 0.29) is 6.10 Å². The highest BCUT2D eigenvalue weighted by atomic mass is 127. The van der Waals surface area contributed by atoms with Crippen molar-refractivity contribution in [2.24, 2.45) is 0 Å². The van der Waals surface area contributed by atoms with Gasteiger partial charge in [-0.25, -0.2) is 0 Å². The van der Waals surface area contributed by atoms with Crippen molar-refractivity contribution in [2.75, 3.05) is 0 Å². The zero-order valence-corrected chi connectivity index (χ0v) is 9.99. The van der Waals surface area contributed by atoms with Gasteiger partial charge in [-0.2, -0.15) is 0 Å². The molecule has 0 bridgehead atoms. The fourth-order valence-corrected chi connectivity index (χ4v) is 1.57. The minimum Gasteiger partial charge on any atom is -0.486 e. The minimum absolute atomic E-state index is 0.140. The second kappa shape index (κ2) is 5.27. The molecule has 0 aliphatic heterocycles. The predicted molar refractivity (Wildman–Crippen MR) is 64.1 cm³/mol. The maximum absolute atomic E-state index is 5.69. The van der Waals surface area contributed by atoms with Gasteiger partial charge in [0.05, 0.1) is 3.57 Å². The van der Waals surface area contributed by atoms with Crippen molar-refractivity contribution < 1.29 is 4.74 Å². The summed E-state index contributed by atoms with van der Waals surface area (Å²) < 4.78 is 6.84. The van der Waals surface area contributed by atoms with E-state index in [4.69, 9.17) is 4.74 Å². The van der Waals surface area contributed by atoms with Crippen molar-refractivity contribution in [1.29, 1.82) is 0 Å². The van der Waals surface area contributed by atoms with Crippen molar-refractivity contribution in [3.8, 4) is 5.75 Å². The van der Waals surface area contributed by atoms with Crippen LogP contribution in [0.2, 0.25) is 0 Å². The van der Waals surface area contributed by atoms with E-state index in [1.54, 1.807) is 0 Å². The number of halogens is 1. The molecule has 2 heteroatoms.